The Kier molecular flexibility index (Phi) is 14.6. The van der Waals surface area contributed by atoms with Crippen molar-refractivity contribution in [2.75, 3.05) is 19.8 Å². The Bertz CT molecular complexity index is 414. The molecule has 0 radical (unpaired) electrons. The Morgan fingerprint density at radius 3 is 1.85 bits per heavy atom. The molecule has 0 saturated carbocycles. The predicted molar refractivity (Wildman–Crippen MR) is 78.0 cm³/mol. The molecule has 1 aromatic carbocycles. The van der Waals surface area contributed by atoms with E-state index in [-0.39, 0.29) is 6.61 Å². The third-order valence-corrected chi connectivity index (χ3v) is 1.93. The molecule has 116 valence electrons. The summed E-state index contributed by atoms with van der Waals surface area (Å²) < 4.78 is 35.8. The standard InChI is InChI=1S/C6H6O.C4H10O.C3H6O4S/c7-6-4-2-1-3-5-6;1-3-5-4-2;1-2-3-7-8(4,5)6/h1-5,7H;3-4H2,1-2H3;2H,1,3H2,(H,4,5,6). The molecule has 0 aromatic heterocycles. The lowest BCUT2D eigenvalue weighted by Gasteiger charge is -1.90. The fourth-order valence-electron chi connectivity index (χ4n) is 0.766. The van der Waals surface area contributed by atoms with Crippen LogP contribution < -0.4 is 0 Å². The third-order valence-electron chi connectivity index (χ3n) is 1.50. The van der Waals surface area contributed by atoms with Crippen molar-refractivity contribution in [2.45, 2.75) is 13.8 Å². The van der Waals surface area contributed by atoms with Gasteiger partial charge in [0.25, 0.3) is 0 Å². The average molecular weight is 306 g/mol. The van der Waals surface area contributed by atoms with Crippen LogP contribution in [0.2, 0.25) is 0 Å². The minimum absolute atomic E-state index is 0.196. The van der Waals surface area contributed by atoms with Gasteiger partial charge in [0.05, 0.1) is 6.61 Å². The molecule has 0 amide bonds. The first-order valence-corrected chi connectivity index (χ1v) is 7.28. The number of phenolic OH excluding ortho intramolecular Hbond substituents is 1. The first kappa shape index (κ1) is 20.9. The molecule has 6 nitrogen and oxygen atoms in total. The van der Waals surface area contributed by atoms with Crippen LogP contribution in [0.15, 0.2) is 43.0 Å². The summed E-state index contributed by atoms with van der Waals surface area (Å²) in [6.45, 7) is 8.63. The van der Waals surface area contributed by atoms with E-state index in [4.69, 9.17) is 14.4 Å². The van der Waals surface area contributed by atoms with Crippen molar-refractivity contribution in [3.63, 3.8) is 0 Å². The first-order valence-electron chi connectivity index (χ1n) is 5.91. The summed E-state index contributed by atoms with van der Waals surface area (Å²) in [7, 11) is -4.26. The second-order valence-corrected chi connectivity index (χ2v) is 4.21. The van der Waals surface area contributed by atoms with E-state index >= 15 is 0 Å². The molecule has 0 aliphatic heterocycles. The van der Waals surface area contributed by atoms with E-state index in [1.807, 2.05) is 19.9 Å². The highest BCUT2D eigenvalue weighted by molar-refractivity contribution is 7.80. The van der Waals surface area contributed by atoms with Crippen molar-refractivity contribution < 1.29 is 27.0 Å². The van der Waals surface area contributed by atoms with Gasteiger partial charge in [-0.15, -0.1) is 6.58 Å². The minimum Gasteiger partial charge on any atom is -0.508 e. The fraction of sp³-hybridized carbons (Fsp3) is 0.385. The van der Waals surface area contributed by atoms with Crippen LogP contribution >= 0.6 is 0 Å². The normalized spacial score (nSPS) is 9.55. The lowest BCUT2D eigenvalue weighted by Crippen LogP contribution is -2.02. The zero-order chi connectivity index (χ0) is 15.9. The van der Waals surface area contributed by atoms with Gasteiger partial charge < -0.3 is 9.84 Å². The molecule has 0 saturated heterocycles. The van der Waals surface area contributed by atoms with Gasteiger partial charge in [-0.05, 0) is 26.0 Å². The van der Waals surface area contributed by atoms with Crippen LogP contribution in [-0.4, -0.2) is 37.9 Å². The van der Waals surface area contributed by atoms with Crippen molar-refractivity contribution >= 4 is 10.4 Å². The van der Waals surface area contributed by atoms with Crippen LogP contribution in [0.25, 0.3) is 0 Å². The van der Waals surface area contributed by atoms with Crippen molar-refractivity contribution in [2.24, 2.45) is 0 Å². The molecular weight excluding hydrogens is 284 g/mol. The van der Waals surface area contributed by atoms with Crippen LogP contribution in [-0.2, 0) is 19.3 Å². The summed E-state index contributed by atoms with van der Waals surface area (Å²) in [4.78, 5) is 0. The lowest BCUT2D eigenvalue weighted by molar-refractivity contribution is 0.162. The lowest BCUT2D eigenvalue weighted by atomic mass is 10.3. The van der Waals surface area contributed by atoms with Gasteiger partial charge in [-0.3, -0.25) is 4.55 Å². The maximum Gasteiger partial charge on any atom is 0.397 e. The van der Waals surface area contributed by atoms with Crippen LogP contribution in [0.3, 0.4) is 0 Å². The van der Waals surface area contributed by atoms with Gasteiger partial charge in [-0.25, -0.2) is 4.18 Å². The maximum atomic E-state index is 9.68. The highest BCUT2D eigenvalue weighted by Gasteiger charge is 1.99. The highest BCUT2D eigenvalue weighted by atomic mass is 32.3. The summed E-state index contributed by atoms with van der Waals surface area (Å²) in [5, 5.41) is 8.63. The second-order valence-electron chi connectivity index (χ2n) is 3.12. The van der Waals surface area contributed by atoms with Crippen molar-refractivity contribution in [1.82, 2.24) is 0 Å². The highest BCUT2D eigenvalue weighted by Crippen LogP contribution is 2.02. The van der Waals surface area contributed by atoms with Crippen LogP contribution in [0.4, 0.5) is 0 Å². The maximum absolute atomic E-state index is 9.68. The molecule has 1 rings (SSSR count). The number of ether oxygens (including phenoxy) is 1. The van der Waals surface area contributed by atoms with Crippen LogP contribution in [0.1, 0.15) is 13.8 Å². The first-order chi connectivity index (χ1) is 9.37. The minimum atomic E-state index is -4.26. The zero-order valence-electron chi connectivity index (χ0n) is 11.7. The van der Waals surface area contributed by atoms with Gasteiger partial charge >= 0.3 is 10.4 Å². The molecule has 0 atom stereocenters. The van der Waals surface area contributed by atoms with Gasteiger partial charge in [0.1, 0.15) is 5.75 Å². The Morgan fingerprint density at radius 2 is 1.70 bits per heavy atom. The van der Waals surface area contributed by atoms with E-state index in [1.54, 1.807) is 24.3 Å². The number of para-hydroxylation sites is 1. The number of phenols is 1. The van der Waals surface area contributed by atoms with Gasteiger partial charge in [0.15, 0.2) is 0 Å². The number of hydrogen-bond donors (Lipinski definition) is 2. The predicted octanol–water partition coefficient (Wildman–Crippen LogP) is 2.43. The van der Waals surface area contributed by atoms with E-state index in [0.29, 0.717) is 5.75 Å². The summed E-state index contributed by atoms with van der Waals surface area (Å²) in [6, 6.07) is 8.71. The van der Waals surface area contributed by atoms with Crippen molar-refractivity contribution in [3.8, 4) is 5.75 Å². The quantitative estimate of drug-likeness (QED) is 0.641. The van der Waals surface area contributed by atoms with Crippen molar-refractivity contribution in [1.29, 1.82) is 0 Å². The molecule has 1 aromatic rings. The zero-order valence-corrected chi connectivity index (χ0v) is 12.5. The van der Waals surface area contributed by atoms with E-state index in [9.17, 15) is 8.42 Å². The molecule has 0 unspecified atom stereocenters. The molecule has 0 fully saturated rings. The van der Waals surface area contributed by atoms with Gasteiger partial charge in [0.2, 0.25) is 0 Å². The van der Waals surface area contributed by atoms with Crippen molar-refractivity contribution in [3.05, 3.63) is 43.0 Å². The van der Waals surface area contributed by atoms with E-state index in [2.05, 4.69) is 10.8 Å². The molecule has 0 spiro atoms. The summed E-state index contributed by atoms with van der Waals surface area (Å²) >= 11 is 0. The SMILES string of the molecule is C=CCOS(=O)(=O)O.CCOCC.Oc1ccccc1. The average Bonchev–Trinajstić information content (AvgIpc) is 2.39. The Hall–Kier alpha value is -1.41. The smallest absolute Gasteiger partial charge is 0.397 e. The fourth-order valence-corrected chi connectivity index (χ4v) is 1.03. The topological polar surface area (TPSA) is 93.1 Å². The van der Waals surface area contributed by atoms with Crippen LogP contribution in [0, 0.1) is 0 Å². The summed E-state index contributed by atoms with van der Waals surface area (Å²) in [5.74, 6) is 0.322. The van der Waals surface area contributed by atoms with E-state index in [0.717, 1.165) is 13.2 Å². The van der Waals surface area contributed by atoms with Gasteiger partial charge in [0, 0.05) is 13.2 Å². The Balaban J connectivity index is 0. The Labute approximate surface area is 120 Å². The largest absolute Gasteiger partial charge is 0.508 e. The number of aromatic hydroxyl groups is 1. The van der Waals surface area contributed by atoms with E-state index in [1.165, 1.54) is 6.08 Å². The summed E-state index contributed by atoms with van der Waals surface area (Å²) in [5.41, 5.74) is 0. The number of hydrogen-bond acceptors (Lipinski definition) is 5. The molecule has 0 aliphatic carbocycles. The molecule has 2 N–H and O–H groups in total. The molecule has 20 heavy (non-hydrogen) atoms. The number of rotatable bonds is 5. The van der Waals surface area contributed by atoms with Gasteiger partial charge in [-0.1, -0.05) is 24.3 Å². The van der Waals surface area contributed by atoms with E-state index < -0.39 is 10.4 Å². The monoisotopic (exact) mass is 306 g/mol. The molecule has 0 bridgehead atoms. The molecule has 0 aliphatic rings. The molecule has 7 heteroatoms. The van der Waals surface area contributed by atoms with Crippen LogP contribution in [0.5, 0.6) is 5.75 Å². The number of benzene rings is 1. The summed E-state index contributed by atoms with van der Waals surface area (Å²) in [6.07, 6.45) is 1.22. The van der Waals surface area contributed by atoms with Gasteiger partial charge in [-0.2, -0.15) is 8.42 Å². The third kappa shape index (κ3) is 21.8. The molecule has 0 heterocycles. The Morgan fingerprint density at radius 1 is 1.20 bits per heavy atom. The molecular formula is C13H22O6S. The second kappa shape index (κ2) is 14.0.